The Balaban J connectivity index is 1.96. The van der Waals surface area contributed by atoms with Crippen molar-refractivity contribution in [3.8, 4) is 11.1 Å². The molecular formula is C27H43NO5Si3. The van der Waals surface area contributed by atoms with Crippen molar-refractivity contribution in [3.63, 3.8) is 0 Å². The quantitative estimate of drug-likeness (QED) is 0.154. The molecule has 0 amide bonds. The van der Waals surface area contributed by atoms with Gasteiger partial charge in [-0.15, -0.1) is 0 Å². The number of nitro benzene ring substituents is 1. The highest BCUT2D eigenvalue weighted by Crippen LogP contribution is 2.45. The standard InChI is InChI=1S/C27H43NO5Si3/c1-26(2,3)36(8,9)33-24-15-11-19-16-18(10-13-22(19)24)21-14-12-20(17-23(21)28(29)30)27(4,5)25(31-34-6)32-35-7/h10,12-14,16-17,24-25H,11,15,34-35H2,1-9H3. The van der Waals surface area contributed by atoms with E-state index in [1.54, 1.807) is 6.07 Å². The van der Waals surface area contributed by atoms with E-state index in [0.717, 1.165) is 24.0 Å². The summed E-state index contributed by atoms with van der Waals surface area (Å²) in [5.74, 6) is 0. The van der Waals surface area contributed by atoms with Crippen molar-refractivity contribution in [1.82, 2.24) is 0 Å². The summed E-state index contributed by atoms with van der Waals surface area (Å²) in [5.41, 5.74) is 4.48. The zero-order valence-corrected chi connectivity index (χ0v) is 27.3. The van der Waals surface area contributed by atoms with Crippen molar-refractivity contribution in [2.75, 3.05) is 0 Å². The van der Waals surface area contributed by atoms with Gasteiger partial charge in [0, 0.05) is 11.5 Å². The summed E-state index contributed by atoms with van der Waals surface area (Å²) in [6.07, 6.45) is 1.63. The van der Waals surface area contributed by atoms with Crippen molar-refractivity contribution in [2.45, 2.75) is 96.5 Å². The van der Waals surface area contributed by atoms with Gasteiger partial charge in [0.15, 0.2) is 27.8 Å². The average Bonchev–Trinajstić information content (AvgIpc) is 3.19. The Morgan fingerprint density at radius 1 is 1.03 bits per heavy atom. The van der Waals surface area contributed by atoms with E-state index >= 15 is 0 Å². The molecule has 1 aliphatic rings. The maximum atomic E-state index is 12.2. The van der Waals surface area contributed by atoms with Gasteiger partial charge in [-0.2, -0.15) is 0 Å². The van der Waals surface area contributed by atoms with Crippen LogP contribution < -0.4 is 0 Å². The highest BCUT2D eigenvalue weighted by molar-refractivity contribution is 6.74. The molecule has 0 bridgehead atoms. The lowest BCUT2D eigenvalue weighted by Crippen LogP contribution is -2.41. The van der Waals surface area contributed by atoms with Gasteiger partial charge in [0.25, 0.3) is 5.69 Å². The van der Waals surface area contributed by atoms with E-state index in [1.165, 1.54) is 11.1 Å². The molecule has 0 heterocycles. The van der Waals surface area contributed by atoms with E-state index < -0.39 is 33.3 Å². The van der Waals surface area contributed by atoms with Crippen molar-refractivity contribution in [3.05, 3.63) is 63.2 Å². The van der Waals surface area contributed by atoms with E-state index in [-0.39, 0.29) is 28.0 Å². The molecule has 0 saturated heterocycles. The third-order valence-electron chi connectivity index (χ3n) is 7.88. The minimum Gasteiger partial charge on any atom is -0.410 e. The second-order valence-corrected chi connectivity index (χ2v) is 18.4. The third-order valence-corrected chi connectivity index (χ3v) is 13.6. The molecule has 0 spiro atoms. The van der Waals surface area contributed by atoms with Gasteiger partial charge >= 0.3 is 0 Å². The Bertz CT molecular complexity index is 1090. The van der Waals surface area contributed by atoms with Crippen LogP contribution in [0.5, 0.6) is 0 Å². The molecule has 1 atom stereocenters. The Labute approximate surface area is 222 Å². The molecule has 0 N–H and O–H groups in total. The average molecular weight is 546 g/mol. The second kappa shape index (κ2) is 11.0. The molecule has 2 aromatic carbocycles. The monoisotopic (exact) mass is 545 g/mol. The molecule has 3 rings (SSSR count). The molecule has 2 aromatic rings. The maximum absolute atomic E-state index is 12.2. The normalized spacial score (nSPS) is 17.9. The fraction of sp³-hybridized carbons (Fsp3) is 0.556. The fourth-order valence-corrected chi connectivity index (χ4v) is 7.77. The Kier molecular flexibility index (Phi) is 8.84. The van der Waals surface area contributed by atoms with E-state index in [2.05, 4.69) is 59.1 Å². The van der Waals surface area contributed by atoms with Gasteiger partial charge in [-0.1, -0.05) is 72.0 Å². The van der Waals surface area contributed by atoms with Gasteiger partial charge in [-0.25, -0.2) is 0 Å². The van der Waals surface area contributed by atoms with Crippen LogP contribution in [0.4, 0.5) is 5.69 Å². The van der Waals surface area contributed by atoms with Crippen LogP contribution in [0.3, 0.4) is 0 Å². The minimum absolute atomic E-state index is 0.106. The lowest BCUT2D eigenvalue weighted by molar-refractivity contribution is -0.384. The first-order valence-electron chi connectivity index (χ1n) is 13.1. The topological polar surface area (TPSA) is 70.8 Å². The summed E-state index contributed by atoms with van der Waals surface area (Å²) >= 11 is 0. The van der Waals surface area contributed by atoms with Crippen molar-refractivity contribution < 1.29 is 18.2 Å². The van der Waals surface area contributed by atoms with E-state index in [1.807, 2.05) is 32.0 Å². The first-order chi connectivity index (χ1) is 16.7. The number of hydrogen-bond acceptors (Lipinski definition) is 5. The van der Waals surface area contributed by atoms with Gasteiger partial charge in [0.05, 0.1) is 16.6 Å². The number of benzene rings is 2. The fourth-order valence-electron chi connectivity index (χ4n) is 4.63. The third kappa shape index (κ3) is 5.92. The molecule has 0 aliphatic heterocycles. The zero-order valence-electron chi connectivity index (χ0n) is 23.4. The molecule has 198 valence electrons. The first-order valence-corrected chi connectivity index (χ1v) is 19.9. The molecule has 1 aliphatic carbocycles. The van der Waals surface area contributed by atoms with Crippen LogP contribution in [-0.2, 0) is 25.1 Å². The number of hydrogen-bond donors (Lipinski definition) is 0. The smallest absolute Gasteiger partial charge is 0.277 e. The summed E-state index contributed by atoms with van der Waals surface area (Å²) in [4.78, 5) is 11.9. The molecule has 0 fully saturated rings. The molecule has 6 nitrogen and oxygen atoms in total. The van der Waals surface area contributed by atoms with Gasteiger partial charge in [-0.3, -0.25) is 10.1 Å². The van der Waals surface area contributed by atoms with E-state index in [4.69, 9.17) is 13.3 Å². The summed E-state index contributed by atoms with van der Waals surface area (Å²) in [5, 5.41) is 12.3. The van der Waals surface area contributed by atoms with Gasteiger partial charge < -0.3 is 13.3 Å². The molecule has 0 radical (unpaired) electrons. The maximum Gasteiger partial charge on any atom is 0.277 e. The number of aryl methyl sites for hydroxylation is 1. The van der Waals surface area contributed by atoms with Crippen molar-refractivity contribution >= 4 is 33.5 Å². The molecule has 9 heteroatoms. The van der Waals surface area contributed by atoms with Gasteiger partial charge in [0.1, 0.15) is 6.29 Å². The Hall–Kier alpha value is -1.63. The largest absolute Gasteiger partial charge is 0.410 e. The zero-order chi connectivity index (χ0) is 26.9. The number of rotatable bonds is 10. The number of nitrogens with zero attached hydrogens (tertiary/aromatic N) is 1. The molecule has 0 saturated carbocycles. The summed E-state index contributed by atoms with van der Waals surface area (Å²) in [6, 6.07) is 11.8. The number of nitro groups is 1. The van der Waals surface area contributed by atoms with Crippen LogP contribution >= 0.6 is 0 Å². The van der Waals surface area contributed by atoms with Crippen LogP contribution in [0.25, 0.3) is 11.1 Å². The first kappa shape index (κ1) is 28.9. The van der Waals surface area contributed by atoms with Crippen molar-refractivity contribution in [2.24, 2.45) is 0 Å². The highest BCUT2D eigenvalue weighted by Gasteiger charge is 2.41. The molecule has 0 aromatic heterocycles. The van der Waals surface area contributed by atoms with E-state index in [9.17, 15) is 10.1 Å². The molecule has 36 heavy (non-hydrogen) atoms. The summed E-state index contributed by atoms with van der Waals surface area (Å²) < 4.78 is 18.7. The predicted octanol–water partition coefficient (Wildman–Crippen LogP) is 6.17. The lowest BCUT2D eigenvalue weighted by Gasteiger charge is -2.38. The van der Waals surface area contributed by atoms with Crippen LogP contribution in [0, 0.1) is 10.1 Å². The van der Waals surface area contributed by atoms with Crippen LogP contribution in [0.2, 0.25) is 31.2 Å². The Morgan fingerprint density at radius 2 is 1.67 bits per heavy atom. The van der Waals surface area contributed by atoms with Crippen LogP contribution in [-0.4, -0.2) is 39.1 Å². The minimum atomic E-state index is -1.89. The SMILES string of the molecule is C[SiH2]OC(O[SiH2]C)C(C)(C)c1ccc(-c2ccc3c(c2)CCC3O[Si](C)(C)C(C)(C)C)c([N+](=O)[O-])c1. The summed E-state index contributed by atoms with van der Waals surface area (Å²) in [6.45, 7) is 19.6. The predicted molar refractivity (Wildman–Crippen MR) is 156 cm³/mol. The highest BCUT2D eigenvalue weighted by atomic mass is 28.4. The number of fused-ring (bicyclic) bond motifs is 1. The van der Waals surface area contributed by atoms with Gasteiger partial charge in [0.2, 0.25) is 0 Å². The summed E-state index contributed by atoms with van der Waals surface area (Å²) in [7, 11) is -3.26. The van der Waals surface area contributed by atoms with Crippen molar-refractivity contribution in [1.29, 1.82) is 0 Å². The lowest BCUT2D eigenvalue weighted by atomic mass is 9.82. The van der Waals surface area contributed by atoms with E-state index in [0.29, 0.717) is 5.56 Å². The second-order valence-electron chi connectivity index (χ2n) is 11.8. The van der Waals surface area contributed by atoms with Crippen LogP contribution in [0.1, 0.15) is 63.8 Å². The Morgan fingerprint density at radius 3 is 2.22 bits per heavy atom. The van der Waals surface area contributed by atoms with Gasteiger partial charge in [-0.05, 0) is 59.3 Å². The van der Waals surface area contributed by atoms with Crippen LogP contribution in [0.15, 0.2) is 36.4 Å². The molecule has 1 unspecified atom stereocenters. The molecular weight excluding hydrogens is 503 g/mol.